The number of aromatic nitrogens is 5. The fraction of sp³-hybridized carbons (Fsp3) is 0. The number of rotatable bonds is 0. The van der Waals surface area contributed by atoms with Crippen LogP contribution in [-0.2, 0) is 0 Å². The minimum atomic E-state index is 0.737. The Labute approximate surface area is 100 Å². The van der Waals surface area contributed by atoms with E-state index in [-0.39, 0.29) is 0 Å². The van der Waals surface area contributed by atoms with Crippen molar-refractivity contribution in [1.29, 1.82) is 0 Å². The number of nitrogens with one attached hydrogen (secondary N) is 1. The van der Waals surface area contributed by atoms with Crippen LogP contribution in [0.1, 0.15) is 0 Å². The molecule has 1 N–H and O–H groups in total. The molecule has 0 bridgehead atoms. The number of nitrogens with zero attached hydrogens (tertiary/aromatic N) is 5. The number of para-hydroxylation sites is 2. The quantitative estimate of drug-likeness (QED) is 0.504. The lowest BCUT2D eigenvalue weighted by Gasteiger charge is -2.16. The zero-order chi connectivity index (χ0) is 11.2. The van der Waals surface area contributed by atoms with Gasteiger partial charge in [-0.2, -0.15) is 0 Å². The van der Waals surface area contributed by atoms with E-state index in [1.54, 1.807) is 11.0 Å². The van der Waals surface area contributed by atoms with Gasteiger partial charge in [0.25, 0.3) is 0 Å². The third-order valence-electron chi connectivity index (χ3n) is 2.47. The largest absolute Gasteiger partial charge is 0.272 e. The zero-order valence-corrected chi connectivity index (χ0v) is 9.35. The minimum absolute atomic E-state index is 0.737. The van der Waals surface area contributed by atoms with Crippen LogP contribution in [0.15, 0.2) is 40.8 Å². The number of hydrogen-bond acceptors (Lipinski definition) is 6. The summed E-state index contributed by atoms with van der Waals surface area (Å²) in [4.78, 5) is 9.07. The van der Waals surface area contributed by atoms with Gasteiger partial charge < -0.3 is 0 Å². The van der Waals surface area contributed by atoms with E-state index in [9.17, 15) is 0 Å². The normalized spacial score (nSPS) is 12.9. The topological polar surface area (TPSA) is 68.5 Å². The van der Waals surface area contributed by atoms with E-state index in [1.807, 2.05) is 24.3 Å². The van der Waals surface area contributed by atoms with E-state index >= 15 is 0 Å². The maximum atomic E-state index is 4.55. The van der Waals surface area contributed by atoms with Crippen molar-refractivity contribution in [3.8, 4) is 0 Å². The van der Waals surface area contributed by atoms with E-state index in [0.717, 1.165) is 27.0 Å². The lowest BCUT2D eigenvalue weighted by Crippen LogP contribution is -2.16. The van der Waals surface area contributed by atoms with E-state index in [1.165, 1.54) is 11.8 Å². The van der Waals surface area contributed by atoms with Gasteiger partial charge in [-0.25, -0.2) is 14.6 Å². The molecule has 1 aliphatic rings. The average Bonchev–Trinajstić information content (AvgIpc) is 2.80. The third-order valence-corrected chi connectivity index (χ3v) is 3.41. The Morgan fingerprint density at radius 1 is 1.12 bits per heavy atom. The van der Waals surface area contributed by atoms with E-state index in [0.29, 0.717) is 0 Å². The number of hydrogen-bond donors (Lipinski definition) is 1. The Bertz CT molecular complexity index is 663. The van der Waals surface area contributed by atoms with Crippen LogP contribution in [-0.4, -0.2) is 24.8 Å². The van der Waals surface area contributed by atoms with Crippen LogP contribution in [0.25, 0.3) is 11.0 Å². The van der Waals surface area contributed by atoms with Crippen LogP contribution in [0.4, 0.5) is 5.82 Å². The Hall–Kier alpha value is -2.15. The van der Waals surface area contributed by atoms with E-state index in [4.69, 9.17) is 0 Å². The lowest BCUT2D eigenvalue weighted by atomic mass is 10.3. The molecule has 0 atom stereocenters. The maximum absolute atomic E-state index is 4.55. The summed E-state index contributed by atoms with van der Waals surface area (Å²) < 4.78 is 1.73. The summed E-state index contributed by atoms with van der Waals surface area (Å²) in [5.74, 6) is 0.737. The Kier molecular flexibility index (Phi) is 1.67. The van der Waals surface area contributed by atoms with Gasteiger partial charge in [-0.05, 0) is 23.9 Å². The number of fused-ring (bicyclic) bond motifs is 3. The van der Waals surface area contributed by atoms with Crippen molar-refractivity contribution in [1.82, 2.24) is 24.8 Å². The summed E-state index contributed by atoms with van der Waals surface area (Å²) in [5, 5.41) is 9.40. The van der Waals surface area contributed by atoms with Crippen molar-refractivity contribution >= 4 is 28.6 Å². The van der Waals surface area contributed by atoms with Gasteiger partial charge in [-0.15, -0.1) is 10.2 Å². The van der Waals surface area contributed by atoms with Crippen LogP contribution in [0, 0.1) is 0 Å². The van der Waals surface area contributed by atoms with Gasteiger partial charge in [0.15, 0.2) is 5.82 Å². The average molecular weight is 242 g/mol. The fourth-order valence-electron chi connectivity index (χ4n) is 1.70. The smallest absolute Gasteiger partial charge is 0.216 e. The summed E-state index contributed by atoms with van der Waals surface area (Å²) in [6, 6.07) is 7.79. The van der Waals surface area contributed by atoms with Crippen molar-refractivity contribution in [3.63, 3.8) is 0 Å². The molecule has 1 aliphatic heterocycles. The number of benzene rings is 1. The molecule has 0 saturated carbocycles. The third kappa shape index (κ3) is 1.29. The molecular weight excluding hydrogens is 236 g/mol. The van der Waals surface area contributed by atoms with Crippen molar-refractivity contribution in [3.05, 3.63) is 30.6 Å². The molecule has 1 aromatic carbocycles. The van der Waals surface area contributed by atoms with Crippen molar-refractivity contribution < 1.29 is 0 Å². The fourth-order valence-corrected chi connectivity index (χ4v) is 2.48. The monoisotopic (exact) mass is 242 g/mol. The van der Waals surface area contributed by atoms with Gasteiger partial charge in [-0.3, -0.25) is 5.43 Å². The first-order chi connectivity index (χ1) is 8.40. The molecule has 6 nitrogen and oxygen atoms in total. The van der Waals surface area contributed by atoms with Crippen LogP contribution in [0.2, 0.25) is 0 Å². The summed E-state index contributed by atoms with van der Waals surface area (Å²) in [6.45, 7) is 0. The van der Waals surface area contributed by atoms with E-state index in [2.05, 4.69) is 25.6 Å². The molecule has 2 aromatic heterocycles. The maximum Gasteiger partial charge on any atom is 0.216 e. The van der Waals surface area contributed by atoms with Crippen LogP contribution in [0.3, 0.4) is 0 Å². The lowest BCUT2D eigenvalue weighted by molar-refractivity contribution is 0.788. The Morgan fingerprint density at radius 3 is 2.82 bits per heavy atom. The molecule has 0 amide bonds. The summed E-state index contributed by atoms with van der Waals surface area (Å²) >= 11 is 1.46. The molecule has 0 unspecified atom stereocenters. The van der Waals surface area contributed by atoms with Crippen LogP contribution in [0.5, 0.6) is 0 Å². The predicted molar refractivity (Wildman–Crippen MR) is 62.7 cm³/mol. The van der Waals surface area contributed by atoms with E-state index < -0.39 is 0 Å². The van der Waals surface area contributed by atoms with Gasteiger partial charge >= 0.3 is 0 Å². The molecule has 82 valence electrons. The molecule has 7 heteroatoms. The SMILES string of the molecule is c1ccc2nc3c(nc2c1)Nn1cnnc1S3. The highest BCUT2D eigenvalue weighted by Gasteiger charge is 2.19. The first-order valence-corrected chi connectivity index (χ1v) is 5.83. The predicted octanol–water partition coefficient (Wildman–Crippen LogP) is 1.56. The van der Waals surface area contributed by atoms with Gasteiger partial charge in [-0.1, -0.05) is 12.1 Å². The summed E-state index contributed by atoms with van der Waals surface area (Å²) in [5.41, 5.74) is 4.86. The highest BCUT2D eigenvalue weighted by atomic mass is 32.2. The second kappa shape index (κ2) is 3.17. The molecular formula is C10H6N6S. The molecule has 0 spiro atoms. The first-order valence-electron chi connectivity index (χ1n) is 5.02. The van der Waals surface area contributed by atoms with Gasteiger partial charge in [0.1, 0.15) is 11.4 Å². The van der Waals surface area contributed by atoms with Crippen molar-refractivity contribution in [2.24, 2.45) is 0 Å². The molecule has 3 aromatic rings. The second-order valence-corrected chi connectivity index (χ2v) is 4.52. The highest BCUT2D eigenvalue weighted by molar-refractivity contribution is 7.99. The second-order valence-electron chi connectivity index (χ2n) is 3.56. The van der Waals surface area contributed by atoms with Crippen LogP contribution < -0.4 is 5.43 Å². The van der Waals surface area contributed by atoms with Crippen LogP contribution >= 0.6 is 11.8 Å². The van der Waals surface area contributed by atoms with Gasteiger partial charge in [0, 0.05) is 0 Å². The molecule has 17 heavy (non-hydrogen) atoms. The minimum Gasteiger partial charge on any atom is -0.272 e. The molecule has 0 radical (unpaired) electrons. The summed E-state index contributed by atoms with van der Waals surface area (Å²) in [6.07, 6.45) is 1.61. The van der Waals surface area contributed by atoms with Crippen molar-refractivity contribution in [2.45, 2.75) is 10.2 Å². The summed E-state index contributed by atoms with van der Waals surface area (Å²) in [7, 11) is 0. The zero-order valence-electron chi connectivity index (χ0n) is 8.53. The molecule has 4 rings (SSSR count). The first kappa shape index (κ1) is 8.94. The van der Waals surface area contributed by atoms with Gasteiger partial charge in [0.2, 0.25) is 5.16 Å². The molecule has 0 fully saturated rings. The molecule has 3 heterocycles. The highest BCUT2D eigenvalue weighted by Crippen LogP contribution is 2.34. The Morgan fingerprint density at radius 2 is 1.94 bits per heavy atom. The standard InChI is InChI=1S/C10H6N6S/c1-2-4-7-6(3-1)12-8-9(13-7)17-10-14-11-5-16(10)15-8/h1-5H,(H,12,15). The van der Waals surface area contributed by atoms with Crippen molar-refractivity contribution in [2.75, 3.05) is 5.43 Å². The molecule has 0 aliphatic carbocycles. The number of anilines is 1. The van der Waals surface area contributed by atoms with Gasteiger partial charge in [0.05, 0.1) is 11.0 Å². The Balaban J connectivity index is 1.95. The molecule has 0 saturated heterocycles.